The Morgan fingerprint density at radius 2 is 0.782 bits per heavy atom. The molecule has 0 bridgehead atoms. The molecule has 16 aromatic heterocycles. The molecule has 5 N–H and O–H groups in total. The summed E-state index contributed by atoms with van der Waals surface area (Å²) in [6, 6.07) is 61.8. The number of hydrogen-bond acceptors (Lipinski definition) is 26. The van der Waals surface area contributed by atoms with E-state index in [1.807, 2.05) is 285 Å². The van der Waals surface area contributed by atoms with Gasteiger partial charge in [0.15, 0.2) is 0 Å². The Morgan fingerprint density at radius 1 is 0.401 bits per heavy atom. The Morgan fingerprint density at radius 3 is 1.20 bits per heavy atom. The van der Waals surface area contributed by atoms with Gasteiger partial charge in [0.25, 0.3) is 0 Å². The maximum atomic E-state index is 12.7. The highest BCUT2D eigenvalue weighted by Gasteiger charge is 2.28. The molecule has 0 aliphatic carbocycles. The molecule has 20 heterocycles. The third-order valence-electron chi connectivity index (χ3n) is 26.5. The number of piperazine rings is 3. The zero-order chi connectivity index (χ0) is 97.7. The van der Waals surface area contributed by atoms with Gasteiger partial charge in [0.1, 0.15) is 50.5 Å². The number of aryl methyl sites for hydroxylation is 5. The van der Waals surface area contributed by atoms with Crippen molar-refractivity contribution in [2.24, 2.45) is 5.73 Å². The van der Waals surface area contributed by atoms with Gasteiger partial charge in [0, 0.05) is 276 Å². The molecular formula is C111H107N21O10. The third-order valence-corrected chi connectivity index (χ3v) is 26.5. The van der Waals surface area contributed by atoms with E-state index in [0.717, 1.165) is 203 Å². The second kappa shape index (κ2) is 38.7. The van der Waals surface area contributed by atoms with Crippen molar-refractivity contribution in [3.8, 4) is 56.3 Å². The van der Waals surface area contributed by atoms with Gasteiger partial charge >= 0.3 is 28.1 Å². The highest BCUT2D eigenvalue weighted by atomic mass is 16.4. The first-order valence-corrected chi connectivity index (χ1v) is 47.9. The summed E-state index contributed by atoms with van der Waals surface area (Å²) in [5.74, 6) is 0.568. The smallest absolute Gasteiger partial charge is 0.345 e. The molecule has 0 amide bonds. The average Bonchev–Trinajstić information content (AvgIpc) is 1.52. The van der Waals surface area contributed by atoms with Crippen LogP contribution in [0.5, 0.6) is 0 Å². The summed E-state index contributed by atoms with van der Waals surface area (Å²) in [5.41, 5.74) is 27.5. The van der Waals surface area contributed by atoms with Crippen LogP contribution in [0.3, 0.4) is 0 Å². The highest BCUT2D eigenvalue weighted by molar-refractivity contribution is 5.89. The van der Waals surface area contributed by atoms with Crippen LogP contribution < -0.4 is 74.3 Å². The van der Waals surface area contributed by atoms with Gasteiger partial charge < -0.3 is 85.9 Å². The number of imidazole rings is 5. The van der Waals surface area contributed by atoms with E-state index in [2.05, 4.69) is 120 Å². The number of anilines is 5. The Hall–Kier alpha value is -16.5. The number of nitrogens with one attached hydrogen (secondary N) is 3. The van der Waals surface area contributed by atoms with Crippen LogP contribution in [0.4, 0.5) is 28.4 Å². The van der Waals surface area contributed by atoms with Crippen LogP contribution in [-0.2, 0) is 6.54 Å². The maximum absolute atomic E-state index is 12.7. The maximum Gasteiger partial charge on any atom is 0.345 e. The predicted octanol–water partition coefficient (Wildman–Crippen LogP) is 16.8. The van der Waals surface area contributed by atoms with Gasteiger partial charge in [-0.1, -0.05) is 30.3 Å². The number of rotatable bonds is 12. The van der Waals surface area contributed by atoms with E-state index in [4.69, 9.17) is 27.8 Å². The summed E-state index contributed by atoms with van der Waals surface area (Å²) in [7, 11) is 2.00. The second-order valence-electron chi connectivity index (χ2n) is 38.0. The van der Waals surface area contributed by atoms with E-state index in [0.29, 0.717) is 103 Å². The largest absolute Gasteiger partial charge is 0.422 e. The Balaban J connectivity index is 0.000000105. The van der Waals surface area contributed by atoms with Crippen molar-refractivity contribution in [2.75, 3.05) is 110 Å². The fourth-order valence-corrected chi connectivity index (χ4v) is 18.9. The Labute approximate surface area is 814 Å². The molecule has 0 unspecified atom stereocenters. The van der Waals surface area contributed by atoms with Crippen molar-refractivity contribution in [3.63, 3.8) is 0 Å². The summed E-state index contributed by atoms with van der Waals surface area (Å²) in [6.45, 7) is 28.6. The number of aromatic nitrogens is 12. The number of hydrogen-bond donors (Lipinski definition) is 4. The van der Waals surface area contributed by atoms with Crippen LogP contribution >= 0.6 is 0 Å². The predicted molar refractivity (Wildman–Crippen MR) is 560 cm³/mol. The first-order valence-electron chi connectivity index (χ1n) is 47.9. The van der Waals surface area contributed by atoms with E-state index in [-0.39, 0.29) is 34.1 Å². The third kappa shape index (κ3) is 19.9. The molecule has 716 valence electrons. The summed E-state index contributed by atoms with van der Waals surface area (Å²) in [4.78, 5) is 106. The number of nitrogens with two attached hydrogens (primary N) is 1. The molecule has 1 atom stereocenters. The van der Waals surface area contributed by atoms with Crippen LogP contribution in [0.1, 0.15) is 67.1 Å². The number of piperidine rings is 1. The molecule has 142 heavy (non-hydrogen) atoms. The molecule has 25 rings (SSSR count). The SMILES string of the molecule is Cc1ccc2nc(-c3cc4ccc(N(C)Cc5cccnc5)cc4oc3=O)cn2c1.Cc1ccc2nc(-c3cc4ccc(N5CCC(N)CC5)cc4oc3=O)cn2c1.Cc1ccc2nc(-c3cc4ccc(N5CCNC(C)(C)C5)cc4oc3=O)cn2c1.Cc1ccc2nc(-c3cc4ccc(N5CCN[C@H](C)C5)cc4oc3=O)cn2c1.Cc1ccn2cc(-c3cc4ccc(N5CCNCC5)cc4oc3=O)nc2n1. The molecule has 4 aliphatic heterocycles. The van der Waals surface area contributed by atoms with E-state index >= 15 is 0 Å². The molecule has 4 aliphatic rings. The van der Waals surface area contributed by atoms with Gasteiger partial charge in [0.05, 0.1) is 56.3 Å². The fraction of sp³-hybridized carbons (Fsp3) is 0.243. The number of benzene rings is 5. The number of fused-ring (bicyclic) bond motifs is 10. The lowest BCUT2D eigenvalue weighted by Crippen LogP contribution is -2.57. The van der Waals surface area contributed by atoms with Crippen molar-refractivity contribution >= 4 is 112 Å². The van der Waals surface area contributed by atoms with Gasteiger partial charge in [-0.25, -0.2) is 53.9 Å². The van der Waals surface area contributed by atoms with E-state index in [1.54, 1.807) is 16.8 Å². The number of pyridine rings is 5. The first-order chi connectivity index (χ1) is 68.7. The number of nitrogens with zero attached hydrogens (tertiary/aromatic N) is 17. The van der Waals surface area contributed by atoms with Crippen LogP contribution in [0, 0.1) is 34.6 Å². The van der Waals surface area contributed by atoms with Crippen LogP contribution in [0.25, 0.3) is 139 Å². The van der Waals surface area contributed by atoms with E-state index in [9.17, 15) is 24.0 Å². The molecule has 5 aromatic carbocycles. The Bertz CT molecular complexity index is 8710. The Kier molecular flexibility index (Phi) is 25.1. The van der Waals surface area contributed by atoms with E-state index in [1.165, 1.54) is 0 Å². The minimum absolute atomic E-state index is 0.0549. The summed E-state index contributed by atoms with van der Waals surface area (Å²) >= 11 is 0. The zero-order valence-electron chi connectivity index (χ0n) is 80.3. The molecule has 4 fully saturated rings. The standard InChI is InChI=1S/C24H20N4O2.C23H24N4O2.2C22H22N4O2.C20H19N5O2/c1-16-5-8-23-26-21(15-28(23)13-16)20-10-18-6-7-19(11-22(18)30-24(20)29)27(2)14-17-4-3-9-25-12-17;1-15-4-7-21-25-19(13-27(21)12-15)18-10-16-5-6-17(11-20(16)29-22(18)28)26-9-8-24-23(2,3)14-26;1-14-3-6-21-24-19(13-26(21)11-14)18-9-16-4-5-17(10-20(16)28-22(18)27)25-8-7-23-15(2)12-25;1-14-2-5-21-24-19(13-26(21)12-14)18-10-15-3-4-17(11-20(15)28-22(18)27)25-8-6-16(23)7-9-25;1-13-4-7-25-12-17(23-20(25)22-13)16-10-14-2-3-15(11-18(14)27-19(16)26)24-8-5-21-6-9-24/h3-13,15H,14H2,1-2H3;4-7,10-13,24H,8-9,14H2,1-3H3;3-6,9-11,13,15,23H,7-8,12H2,1-2H3;2-5,10-13,16H,6-9,23H2,1H3;2-4,7,10-12,21H,5-6,8-9H2,1H3/t;;15-;;/m..1../s1. The van der Waals surface area contributed by atoms with Gasteiger partial charge in [-0.2, -0.15) is 0 Å². The lowest BCUT2D eigenvalue weighted by molar-refractivity contribution is 0.353. The fourth-order valence-electron chi connectivity index (χ4n) is 18.9. The van der Waals surface area contributed by atoms with Crippen LogP contribution in [0.2, 0.25) is 0 Å². The average molecular weight is 1900 g/mol. The van der Waals surface area contributed by atoms with Gasteiger partial charge in [-0.15, -0.1) is 0 Å². The first kappa shape index (κ1) is 91.9. The molecule has 0 spiro atoms. The highest BCUT2D eigenvalue weighted by Crippen LogP contribution is 2.35. The van der Waals surface area contributed by atoms with E-state index < -0.39 is 5.63 Å². The van der Waals surface area contributed by atoms with Gasteiger partial charge in [-0.05, 0) is 223 Å². The second-order valence-corrected chi connectivity index (χ2v) is 38.0. The van der Waals surface area contributed by atoms with Gasteiger partial charge in [0.2, 0.25) is 5.78 Å². The van der Waals surface area contributed by atoms with Crippen molar-refractivity contribution in [1.82, 2.24) is 72.8 Å². The minimum Gasteiger partial charge on any atom is -0.422 e. The summed E-state index contributed by atoms with van der Waals surface area (Å²) in [6.07, 6.45) is 24.7. The van der Waals surface area contributed by atoms with Crippen LogP contribution in [-0.4, -0.2) is 160 Å². The monoisotopic (exact) mass is 1890 g/mol. The minimum atomic E-state index is -0.394. The summed E-state index contributed by atoms with van der Waals surface area (Å²) in [5, 5.41) is 14.7. The molecule has 0 radical (unpaired) electrons. The molecule has 31 nitrogen and oxygen atoms in total. The quantitative estimate of drug-likeness (QED) is 0.0825. The molecule has 21 aromatic rings. The molecule has 0 saturated carbocycles. The van der Waals surface area contributed by atoms with Crippen molar-refractivity contribution < 1.29 is 22.1 Å². The van der Waals surface area contributed by atoms with Crippen LogP contribution in [0.15, 0.2) is 308 Å². The topological polar surface area (TPSA) is 342 Å². The lowest BCUT2D eigenvalue weighted by atomic mass is 10.0. The molecular weight excluding hydrogens is 1790 g/mol. The van der Waals surface area contributed by atoms with Crippen molar-refractivity contribution in [3.05, 3.63) is 348 Å². The van der Waals surface area contributed by atoms with Crippen molar-refractivity contribution in [2.45, 2.75) is 92.4 Å². The summed E-state index contributed by atoms with van der Waals surface area (Å²) < 4.78 is 37.9. The zero-order valence-corrected chi connectivity index (χ0v) is 80.3. The van der Waals surface area contributed by atoms with Crippen molar-refractivity contribution in [1.29, 1.82) is 0 Å². The van der Waals surface area contributed by atoms with Gasteiger partial charge in [-0.3, -0.25) is 9.38 Å². The normalized spacial score (nSPS) is 15.1. The molecule has 4 saturated heterocycles. The molecule has 31 heteroatoms. The lowest BCUT2D eigenvalue weighted by Gasteiger charge is -2.40.